The van der Waals surface area contributed by atoms with Crippen LogP contribution in [0.2, 0.25) is 0 Å². The molecule has 1 atom stereocenters. The number of halogens is 2. The number of pyridine rings is 1. The van der Waals surface area contributed by atoms with Crippen LogP contribution in [0.1, 0.15) is 18.4 Å². The van der Waals surface area contributed by atoms with E-state index in [-0.39, 0.29) is 18.1 Å². The van der Waals surface area contributed by atoms with E-state index in [0.717, 1.165) is 0 Å². The van der Waals surface area contributed by atoms with Gasteiger partial charge >= 0.3 is 0 Å². The molecule has 2 heterocycles. The third-order valence-corrected chi connectivity index (χ3v) is 3.27. The Bertz CT molecular complexity index is 495. The van der Waals surface area contributed by atoms with Gasteiger partial charge in [0.05, 0.1) is 0 Å². The zero-order chi connectivity index (χ0) is 13.1. The molecule has 2 rings (SSSR count). The SMILES string of the molecule is O=C1CCC(Nc2nccc(CBr)c2F)C(=O)N1. The van der Waals surface area contributed by atoms with Crippen molar-refractivity contribution in [1.82, 2.24) is 10.3 Å². The van der Waals surface area contributed by atoms with Crippen LogP contribution in [-0.2, 0) is 14.9 Å². The molecular weight excluding hydrogens is 305 g/mol. The molecule has 1 fully saturated rings. The summed E-state index contributed by atoms with van der Waals surface area (Å²) in [6.45, 7) is 0. The van der Waals surface area contributed by atoms with E-state index in [9.17, 15) is 14.0 Å². The fourth-order valence-electron chi connectivity index (χ4n) is 1.68. The van der Waals surface area contributed by atoms with Crippen LogP contribution in [0.3, 0.4) is 0 Å². The highest BCUT2D eigenvalue weighted by atomic mass is 79.9. The second-order valence-corrected chi connectivity index (χ2v) is 4.48. The van der Waals surface area contributed by atoms with E-state index in [1.165, 1.54) is 6.20 Å². The average molecular weight is 316 g/mol. The first kappa shape index (κ1) is 12.9. The lowest BCUT2D eigenvalue weighted by atomic mass is 10.1. The van der Waals surface area contributed by atoms with Gasteiger partial charge in [0.2, 0.25) is 11.8 Å². The van der Waals surface area contributed by atoms with Gasteiger partial charge in [0.1, 0.15) is 6.04 Å². The molecule has 0 saturated carbocycles. The van der Waals surface area contributed by atoms with Crippen LogP contribution in [0.15, 0.2) is 12.3 Å². The predicted octanol–water partition coefficient (Wildman–Crippen LogP) is 1.33. The van der Waals surface area contributed by atoms with Gasteiger partial charge in [0.25, 0.3) is 0 Å². The van der Waals surface area contributed by atoms with E-state index < -0.39 is 17.8 Å². The Morgan fingerprint density at radius 2 is 2.33 bits per heavy atom. The number of carbonyl (C=O) groups excluding carboxylic acids is 2. The summed E-state index contributed by atoms with van der Waals surface area (Å²) in [7, 11) is 0. The first-order chi connectivity index (χ1) is 8.61. The minimum atomic E-state index is -0.629. The number of nitrogens with zero attached hydrogens (tertiary/aromatic N) is 1. The molecule has 1 unspecified atom stereocenters. The van der Waals surface area contributed by atoms with Gasteiger partial charge in [-0.1, -0.05) is 15.9 Å². The quantitative estimate of drug-likeness (QED) is 0.652. The van der Waals surface area contributed by atoms with Gasteiger partial charge in [-0.2, -0.15) is 0 Å². The first-order valence-corrected chi connectivity index (χ1v) is 6.53. The van der Waals surface area contributed by atoms with Gasteiger partial charge in [-0.15, -0.1) is 0 Å². The summed E-state index contributed by atoms with van der Waals surface area (Å²) in [5, 5.41) is 5.29. The standard InChI is InChI=1S/C11H11BrFN3O2/c12-5-6-3-4-14-10(9(6)13)15-7-1-2-8(17)16-11(7)18/h3-4,7H,1-2,5H2,(H,14,15)(H,16,17,18). The number of carbonyl (C=O) groups is 2. The van der Waals surface area contributed by atoms with Crippen LogP contribution in [0, 0.1) is 5.82 Å². The maximum Gasteiger partial charge on any atom is 0.249 e. The number of alkyl halides is 1. The molecular formula is C11H11BrFN3O2. The van der Waals surface area contributed by atoms with Crippen molar-refractivity contribution in [3.63, 3.8) is 0 Å². The molecule has 1 aromatic heterocycles. The van der Waals surface area contributed by atoms with E-state index in [4.69, 9.17) is 0 Å². The molecule has 1 saturated heterocycles. The molecule has 0 aromatic carbocycles. The summed E-state index contributed by atoms with van der Waals surface area (Å²) in [6, 6.07) is 0.926. The lowest BCUT2D eigenvalue weighted by Crippen LogP contribution is -2.47. The molecule has 1 aliphatic rings. The molecule has 0 aliphatic carbocycles. The molecule has 7 heteroatoms. The van der Waals surface area contributed by atoms with Crippen molar-refractivity contribution in [3.8, 4) is 0 Å². The van der Waals surface area contributed by atoms with Crippen molar-refractivity contribution >= 4 is 33.6 Å². The highest BCUT2D eigenvalue weighted by molar-refractivity contribution is 9.08. The van der Waals surface area contributed by atoms with Crippen molar-refractivity contribution < 1.29 is 14.0 Å². The number of piperidine rings is 1. The molecule has 0 bridgehead atoms. The number of rotatable bonds is 3. The number of nitrogens with one attached hydrogen (secondary N) is 2. The Balaban J connectivity index is 2.14. The molecule has 2 N–H and O–H groups in total. The van der Waals surface area contributed by atoms with Crippen molar-refractivity contribution in [2.24, 2.45) is 0 Å². The van der Waals surface area contributed by atoms with E-state index in [1.807, 2.05) is 0 Å². The lowest BCUT2D eigenvalue weighted by Gasteiger charge is -2.22. The van der Waals surface area contributed by atoms with E-state index in [0.29, 0.717) is 17.3 Å². The van der Waals surface area contributed by atoms with E-state index >= 15 is 0 Å². The number of hydrogen-bond donors (Lipinski definition) is 2. The smallest absolute Gasteiger partial charge is 0.249 e. The first-order valence-electron chi connectivity index (χ1n) is 5.41. The predicted molar refractivity (Wildman–Crippen MR) is 66.6 cm³/mol. The van der Waals surface area contributed by atoms with Crippen LogP contribution < -0.4 is 10.6 Å². The zero-order valence-electron chi connectivity index (χ0n) is 9.37. The van der Waals surface area contributed by atoms with Crippen molar-refractivity contribution in [3.05, 3.63) is 23.6 Å². The lowest BCUT2D eigenvalue weighted by molar-refractivity contribution is -0.133. The minimum absolute atomic E-state index is 0.0291. The third-order valence-electron chi connectivity index (χ3n) is 2.66. The number of amides is 2. The maximum absolute atomic E-state index is 13.9. The molecule has 1 aliphatic heterocycles. The maximum atomic E-state index is 13.9. The van der Waals surface area contributed by atoms with Crippen LogP contribution in [0.25, 0.3) is 0 Å². The average Bonchev–Trinajstić information content (AvgIpc) is 2.35. The van der Waals surface area contributed by atoms with Crippen molar-refractivity contribution in [2.45, 2.75) is 24.2 Å². The van der Waals surface area contributed by atoms with Gasteiger partial charge < -0.3 is 5.32 Å². The Labute approximate surface area is 111 Å². The number of hydrogen-bond acceptors (Lipinski definition) is 4. The van der Waals surface area contributed by atoms with Crippen molar-refractivity contribution in [1.29, 1.82) is 0 Å². The molecule has 0 spiro atoms. The van der Waals surface area contributed by atoms with Crippen LogP contribution >= 0.6 is 15.9 Å². The van der Waals surface area contributed by atoms with E-state index in [1.54, 1.807) is 6.07 Å². The van der Waals surface area contributed by atoms with Gasteiger partial charge in [-0.3, -0.25) is 14.9 Å². The Morgan fingerprint density at radius 1 is 1.56 bits per heavy atom. The molecule has 0 radical (unpaired) electrons. The second-order valence-electron chi connectivity index (χ2n) is 3.91. The monoisotopic (exact) mass is 315 g/mol. The topological polar surface area (TPSA) is 71.1 Å². The third kappa shape index (κ3) is 2.66. The van der Waals surface area contributed by atoms with Gasteiger partial charge in [-0.25, -0.2) is 9.37 Å². The Hall–Kier alpha value is -1.50. The largest absolute Gasteiger partial charge is 0.356 e. The Morgan fingerprint density at radius 3 is 3.00 bits per heavy atom. The molecule has 96 valence electrons. The summed E-state index contributed by atoms with van der Waals surface area (Å²) in [4.78, 5) is 26.4. The summed E-state index contributed by atoms with van der Waals surface area (Å²) in [6.07, 6.45) is 2.04. The fourth-order valence-corrected chi connectivity index (χ4v) is 2.12. The highest BCUT2D eigenvalue weighted by Crippen LogP contribution is 2.19. The zero-order valence-corrected chi connectivity index (χ0v) is 11.0. The van der Waals surface area contributed by atoms with E-state index in [2.05, 4.69) is 31.5 Å². The molecule has 5 nitrogen and oxygen atoms in total. The highest BCUT2D eigenvalue weighted by Gasteiger charge is 2.27. The Kier molecular flexibility index (Phi) is 3.90. The van der Waals surface area contributed by atoms with Crippen LogP contribution in [0.5, 0.6) is 0 Å². The van der Waals surface area contributed by atoms with Gasteiger partial charge in [-0.05, 0) is 12.5 Å². The molecule has 1 aromatic rings. The minimum Gasteiger partial charge on any atom is -0.356 e. The fraction of sp³-hybridized carbons (Fsp3) is 0.364. The summed E-state index contributed by atoms with van der Waals surface area (Å²) in [5.74, 6) is -1.21. The summed E-state index contributed by atoms with van der Waals surface area (Å²) >= 11 is 3.17. The summed E-state index contributed by atoms with van der Waals surface area (Å²) < 4.78 is 13.9. The summed E-state index contributed by atoms with van der Waals surface area (Å²) in [5.41, 5.74) is 0.458. The normalized spacial score (nSPS) is 19.6. The number of aromatic nitrogens is 1. The van der Waals surface area contributed by atoms with Crippen LogP contribution in [-0.4, -0.2) is 22.8 Å². The molecule has 18 heavy (non-hydrogen) atoms. The van der Waals surface area contributed by atoms with Gasteiger partial charge in [0, 0.05) is 23.5 Å². The van der Waals surface area contributed by atoms with Crippen molar-refractivity contribution in [2.75, 3.05) is 5.32 Å². The second kappa shape index (κ2) is 5.43. The molecule has 2 amide bonds. The number of imide groups is 1. The van der Waals surface area contributed by atoms with Crippen LogP contribution in [0.4, 0.5) is 10.2 Å². The van der Waals surface area contributed by atoms with Gasteiger partial charge in [0.15, 0.2) is 11.6 Å². The number of anilines is 1.